The fourth-order valence-corrected chi connectivity index (χ4v) is 2.85. The van der Waals surface area contributed by atoms with Gasteiger partial charge in [0.15, 0.2) is 0 Å². The Morgan fingerprint density at radius 2 is 2.14 bits per heavy atom. The number of esters is 1. The predicted octanol–water partition coefficient (Wildman–Crippen LogP) is 0.352. The summed E-state index contributed by atoms with van der Waals surface area (Å²) in [7, 11) is 0. The highest BCUT2D eigenvalue weighted by atomic mass is 16.5. The number of pyridine rings is 1. The van der Waals surface area contributed by atoms with E-state index >= 15 is 0 Å². The summed E-state index contributed by atoms with van der Waals surface area (Å²) in [6, 6.07) is 4.26. The van der Waals surface area contributed by atoms with E-state index in [9.17, 15) is 4.79 Å². The van der Waals surface area contributed by atoms with Crippen LogP contribution in [0.3, 0.4) is 0 Å². The number of hydrogen-bond acceptors (Lipinski definition) is 6. The molecule has 6 heteroatoms. The lowest BCUT2D eigenvalue weighted by Gasteiger charge is -2.43. The lowest BCUT2D eigenvalue weighted by atomic mass is 10.1. The van der Waals surface area contributed by atoms with Crippen molar-refractivity contribution in [1.82, 2.24) is 15.2 Å². The monoisotopic (exact) mass is 290 g/mol. The summed E-state index contributed by atoms with van der Waals surface area (Å²) in [6.07, 6.45) is 1.74. The molecule has 2 aliphatic rings. The Balaban J connectivity index is 1.68. The van der Waals surface area contributed by atoms with Crippen molar-refractivity contribution in [3.05, 3.63) is 23.9 Å². The minimum atomic E-state index is -0.286. The second-order valence-electron chi connectivity index (χ2n) is 5.43. The lowest BCUT2D eigenvalue weighted by molar-refractivity contribution is 0.0526. The standard InChI is InChI=1S/C15H22N4O2/c1-2-21-15(20)13-4-3-5-17-14(13)19-8-6-18(7-9-19)12-10-16-11-12/h3-5,12,16H,2,6-11H2,1H3. The fourth-order valence-electron chi connectivity index (χ4n) is 2.85. The first-order chi connectivity index (χ1) is 10.3. The van der Waals surface area contributed by atoms with E-state index in [-0.39, 0.29) is 5.97 Å². The highest BCUT2D eigenvalue weighted by Crippen LogP contribution is 2.21. The number of ether oxygens (including phenoxy) is 1. The van der Waals surface area contributed by atoms with E-state index < -0.39 is 0 Å². The van der Waals surface area contributed by atoms with Crippen LogP contribution in [0, 0.1) is 0 Å². The molecule has 2 saturated heterocycles. The number of piperazine rings is 1. The Labute approximate surface area is 125 Å². The van der Waals surface area contributed by atoms with Crippen LogP contribution >= 0.6 is 0 Å². The van der Waals surface area contributed by atoms with Gasteiger partial charge in [-0.05, 0) is 19.1 Å². The third-order valence-electron chi connectivity index (χ3n) is 4.17. The number of rotatable bonds is 4. The molecule has 0 bridgehead atoms. The molecule has 1 N–H and O–H groups in total. The predicted molar refractivity (Wildman–Crippen MR) is 80.6 cm³/mol. The van der Waals surface area contributed by atoms with E-state index in [4.69, 9.17) is 4.74 Å². The van der Waals surface area contributed by atoms with Crippen LogP contribution < -0.4 is 10.2 Å². The van der Waals surface area contributed by atoms with Crippen LogP contribution in [0.1, 0.15) is 17.3 Å². The molecule has 1 aromatic rings. The average Bonchev–Trinajstić information content (AvgIpc) is 2.47. The lowest BCUT2D eigenvalue weighted by Crippen LogP contribution is -2.61. The molecular weight excluding hydrogens is 268 g/mol. The maximum atomic E-state index is 12.0. The molecule has 3 heterocycles. The Morgan fingerprint density at radius 3 is 2.76 bits per heavy atom. The van der Waals surface area contributed by atoms with Gasteiger partial charge in [-0.1, -0.05) is 0 Å². The van der Waals surface area contributed by atoms with E-state index in [0.717, 1.165) is 45.1 Å². The SMILES string of the molecule is CCOC(=O)c1cccnc1N1CCN(C2CNC2)CC1. The van der Waals surface area contributed by atoms with Crippen LogP contribution in [-0.4, -0.2) is 67.8 Å². The topological polar surface area (TPSA) is 57.7 Å². The van der Waals surface area contributed by atoms with Crippen molar-refractivity contribution in [1.29, 1.82) is 0 Å². The normalized spacial score (nSPS) is 20.1. The molecule has 0 atom stereocenters. The molecule has 0 amide bonds. The van der Waals surface area contributed by atoms with Crippen molar-refractivity contribution in [3.63, 3.8) is 0 Å². The number of aromatic nitrogens is 1. The number of nitrogens with zero attached hydrogens (tertiary/aromatic N) is 3. The number of anilines is 1. The smallest absolute Gasteiger partial charge is 0.341 e. The van der Waals surface area contributed by atoms with E-state index in [1.165, 1.54) is 0 Å². The molecule has 21 heavy (non-hydrogen) atoms. The maximum Gasteiger partial charge on any atom is 0.341 e. The molecule has 0 aromatic carbocycles. The minimum Gasteiger partial charge on any atom is -0.462 e. The van der Waals surface area contributed by atoms with Gasteiger partial charge in [0.25, 0.3) is 0 Å². The highest BCUT2D eigenvalue weighted by molar-refractivity contribution is 5.94. The van der Waals surface area contributed by atoms with E-state index in [1.807, 2.05) is 6.92 Å². The van der Waals surface area contributed by atoms with E-state index in [1.54, 1.807) is 18.3 Å². The van der Waals surface area contributed by atoms with Crippen LogP contribution in [0.25, 0.3) is 0 Å². The van der Waals surface area contributed by atoms with Gasteiger partial charge in [-0.3, -0.25) is 4.90 Å². The summed E-state index contributed by atoms with van der Waals surface area (Å²) in [4.78, 5) is 21.1. The summed E-state index contributed by atoms with van der Waals surface area (Å²) < 4.78 is 5.12. The van der Waals surface area contributed by atoms with Crippen LogP contribution in [0.4, 0.5) is 5.82 Å². The van der Waals surface area contributed by atoms with Gasteiger partial charge in [-0.2, -0.15) is 0 Å². The average molecular weight is 290 g/mol. The zero-order valence-corrected chi connectivity index (χ0v) is 12.4. The molecular formula is C15H22N4O2. The summed E-state index contributed by atoms with van der Waals surface area (Å²) in [6.45, 7) is 8.24. The Morgan fingerprint density at radius 1 is 1.38 bits per heavy atom. The van der Waals surface area contributed by atoms with Gasteiger partial charge in [0.2, 0.25) is 0 Å². The van der Waals surface area contributed by atoms with Crippen LogP contribution in [0.5, 0.6) is 0 Å². The number of carbonyl (C=O) groups excluding carboxylic acids is 1. The van der Waals surface area contributed by atoms with Gasteiger partial charge < -0.3 is 15.0 Å². The molecule has 2 aliphatic heterocycles. The molecule has 0 aliphatic carbocycles. The largest absolute Gasteiger partial charge is 0.462 e. The molecule has 3 rings (SSSR count). The van der Waals surface area contributed by atoms with Crippen molar-refractivity contribution in [2.24, 2.45) is 0 Å². The first-order valence-electron chi connectivity index (χ1n) is 7.61. The van der Waals surface area contributed by atoms with Crippen LogP contribution in [0.2, 0.25) is 0 Å². The second-order valence-corrected chi connectivity index (χ2v) is 5.43. The van der Waals surface area contributed by atoms with Gasteiger partial charge in [-0.25, -0.2) is 9.78 Å². The summed E-state index contributed by atoms with van der Waals surface area (Å²) >= 11 is 0. The van der Waals surface area contributed by atoms with Gasteiger partial charge in [-0.15, -0.1) is 0 Å². The molecule has 2 fully saturated rings. The number of carbonyl (C=O) groups is 1. The number of nitrogens with one attached hydrogen (secondary N) is 1. The van der Waals surface area contributed by atoms with Gasteiger partial charge in [0.1, 0.15) is 11.4 Å². The van der Waals surface area contributed by atoms with Crippen molar-refractivity contribution in [2.45, 2.75) is 13.0 Å². The van der Waals surface area contributed by atoms with Crippen LogP contribution in [0.15, 0.2) is 18.3 Å². The van der Waals surface area contributed by atoms with Crippen molar-refractivity contribution >= 4 is 11.8 Å². The Kier molecular flexibility index (Phi) is 4.36. The zero-order valence-electron chi connectivity index (χ0n) is 12.4. The van der Waals surface area contributed by atoms with Gasteiger partial charge >= 0.3 is 5.97 Å². The first kappa shape index (κ1) is 14.3. The highest BCUT2D eigenvalue weighted by Gasteiger charge is 2.29. The molecule has 0 spiro atoms. The quantitative estimate of drug-likeness (QED) is 0.808. The number of hydrogen-bond donors (Lipinski definition) is 1. The first-order valence-corrected chi connectivity index (χ1v) is 7.61. The summed E-state index contributed by atoms with van der Waals surface area (Å²) in [5, 5.41) is 3.31. The van der Waals surface area contributed by atoms with Gasteiger partial charge in [0, 0.05) is 51.5 Å². The Hall–Kier alpha value is -1.66. The minimum absolute atomic E-state index is 0.286. The molecule has 0 radical (unpaired) electrons. The van der Waals surface area contributed by atoms with Crippen molar-refractivity contribution in [2.75, 3.05) is 50.8 Å². The van der Waals surface area contributed by atoms with E-state index in [2.05, 4.69) is 20.1 Å². The van der Waals surface area contributed by atoms with Crippen LogP contribution in [-0.2, 0) is 4.74 Å². The fraction of sp³-hybridized carbons (Fsp3) is 0.600. The second kappa shape index (κ2) is 6.41. The molecule has 0 unspecified atom stereocenters. The summed E-state index contributed by atoms with van der Waals surface area (Å²) in [5.74, 6) is 0.466. The summed E-state index contributed by atoms with van der Waals surface area (Å²) in [5.41, 5.74) is 0.568. The van der Waals surface area contributed by atoms with Crippen molar-refractivity contribution in [3.8, 4) is 0 Å². The van der Waals surface area contributed by atoms with Gasteiger partial charge in [0.05, 0.1) is 6.61 Å². The van der Waals surface area contributed by atoms with E-state index in [0.29, 0.717) is 18.2 Å². The molecule has 1 aromatic heterocycles. The van der Waals surface area contributed by atoms with Crippen molar-refractivity contribution < 1.29 is 9.53 Å². The third kappa shape index (κ3) is 3.01. The molecule has 0 saturated carbocycles. The molecule has 114 valence electrons. The Bertz CT molecular complexity index is 496. The third-order valence-corrected chi connectivity index (χ3v) is 4.17. The maximum absolute atomic E-state index is 12.0. The zero-order chi connectivity index (χ0) is 14.7. The molecule has 6 nitrogen and oxygen atoms in total.